The predicted octanol–water partition coefficient (Wildman–Crippen LogP) is 6.01. The highest BCUT2D eigenvalue weighted by atomic mass is 28.3. The summed E-state index contributed by atoms with van der Waals surface area (Å²) in [6.45, 7) is 9.40. The molecule has 0 unspecified atom stereocenters. The van der Waals surface area contributed by atoms with Crippen LogP contribution in [-0.4, -0.2) is 8.07 Å². The van der Waals surface area contributed by atoms with Gasteiger partial charge in [-0.05, 0) is 63.1 Å². The lowest BCUT2D eigenvalue weighted by atomic mass is 9.88. The highest BCUT2D eigenvalue weighted by molar-refractivity contribution is 7.04. The van der Waals surface area contributed by atoms with Gasteiger partial charge in [0.15, 0.2) is 6.20 Å². The third kappa shape index (κ3) is 2.21. The normalized spacial score (nSPS) is 14.7. The fourth-order valence-corrected chi connectivity index (χ4v) is 9.70. The summed E-state index contributed by atoms with van der Waals surface area (Å²) in [4.78, 5) is 0. The minimum Gasteiger partial charge on any atom is -0.455 e. The molecule has 0 N–H and O–H groups in total. The lowest BCUT2D eigenvalue weighted by Crippen LogP contribution is -2.50. The number of aryl methyl sites for hydroxylation is 3. The van der Waals surface area contributed by atoms with Crippen molar-refractivity contribution in [2.24, 2.45) is 7.05 Å². The van der Waals surface area contributed by atoms with Crippen molar-refractivity contribution in [3.8, 4) is 33.9 Å². The van der Waals surface area contributed by atoms with E-state index in [9.17, 15) is 0 Å². The van der Waals surface area contributed by atoms with E-state index in [4.69, 9.17) is 4.74 Å². The third-order valence-corrected chi connectivity index (χ3v) is 11.5. The molecule has 0 bridgehead atoms. The van der Waals surface area contributed by atoms with Crippen molar-refractivity contribution in [3.63, 3.8) is 0 Å². The second kappa shape index (κ2) is 6.12. The average Bonchev–Trinajstić information content (AvgIpc) is 3.06. The van der Waals surface area contributed by atoms with Crippen LogP contribution in [0.15, 0.2) is 66.9 Å². The Balaban J connectivity index is 1.70. The molecular formula is C30H26NOSi+. The molecule has 160 valence electrons. The van der Waals surface area contributed by atoms with Crippen molar-refractivity contribution in [3.05, 3.63) is 78.0 Å². The lowest BCUT2D eigenvalue weighted by molar-refractivity contribution is -0.659. The molecular weight excluding hydrogens is 418 g/mol. The van der Waals surface area contributed by atoms with Gasteiger partial charge in [-0.3, -0.25) is 0 Å². The molecule has 2 nitrogen and oxygen atoms in total. The van der Waals surface area contributed by atoms with Gasteiger partial charge in [0.2, 0.25) is 5.69 Å². The number of ether oxygens (including phenoxy) is 1. The predicted molar refractivity (Wildman–Crippen MR) is 140 cm³/mol. The van der Waals surface area contributed by atoms with Gasteiger partial charge in [0.05, 0.1) is 10.9 Å². The van der Waals surface area contributed by atoms with E-state index in [-0.39, 0.29) is 0 Å². The maximum absolute atomic E-state index is 7.06. The number of hydrogen-bond acceptors (Lipinski definition) is 1. The summed E-state index contributed by atoms with van der Waals surface area (Å²) in [6, 6.07) is 22.4. The minimum absolute atomic E-state index is 1.02. The molecule has 0 atom stereocenters. The molecule has 0 saturated heterocycles. The maximum Gasteiger partial charge on any atom is 0.228 e. The van der Waals surface area contributed by atoms with E-state index in [0.29, 0.717) is 0 Å². The molecule has 33 heavy (non-hydrogen) atoms. The number of hydrogen-bond donors (Lipinski definition) is 0. The molecule has 4 aromatic carbocycles. The fraction of sp³-hybridized carbons (Fsp3) is 0.167. The van der Waals surface area contributed by atoms with Crippen LogP contribution in [0.1, 0.15) is 11.1 Å². The van der Waals surface area contributed by atoms with Crippen LogP contribution < -0.4 is 19.7 Å². The van der Waals surface area contributed by atoms with Crippen molar-refractivity contribution in [2.75, 3.05) is 0 Å². The summed E-state index contributed by atoms with van der Waals surface area (Å²) in [5.41, 5.74) is 7.78. The Kier molecular flexibility index (Phi) is 3.54. The Labute approximate surface area is 195 Å². The molecule has 7 rings (SSSR count). The second-order valence-corrected chi connectivity index (χ2v) is 14.4. The van der Waals surface area contributed by atoms with Crippen molar-refractivity contribution >= 4 is 40.0 Å². The summed E-state index contributed by atoms with van der Waals surface area (Å²) in [5.74, 6) is 2.11. The van der Waals surface area contributed by atoms with Crippen LogP contribution in [0.3, 0.4) is 0 Å². The molecule has 3 heterocycles. The van der Waals surface area contributed by atoms with Crippen LogP contribution in [0, 0.1) is 13.8 Å². The van der Waals surface area contributed by atoms with Gasteiger partial charge in [-0.2, -0.15) is 0 Å². The zero-order valence-electron chi connectivity index (χ0n) is 19.7. The molecule has 0 amide bonds. The van der Waals surface area contributed by atoms with Gasteiger partial charge in [0, 0.05) is 11.6 Å². The molecule has 0 spiro atoms. The molecule has 0 saturated carbocycles. The van der Waals surface area contributed by atoms with E-state index >= 15 is 0 Å². The smallest absolute Gasteiger partial charge is 0.228 e. The molecule has 0 fully saturated rings. The summed E-state index contributed by atoms with van der Waals surface area (Å²) in [5, 5.41) is 8.06. The molecule has 2 aliphatic rings. The number of benzene rings is 4. The van der Waals surface area contributed by atoms with Crippen molar-refractivity contribution in [1.29, 1.82) is 0 Å². The Morgan fingerprint density at radius 1 is 0.788 bits per heavy atom. The van der Waals surface area contributed by atoms with Gasteiger partial charge in [-0.1, -0.05) is 61.6 Å². The summed E-state index contributed by atoms with van der Waals surface area (Å²) in [6.07, 6.45) is 2.20. The van der Waals surface area contributed by atoms with E-state index in [0.717, 1.165) is 11.5 Å². The van der Waals surface area contributed by atoms with Crippen molar-refractivity contribution in [1.82, 2.24) is 0 Å². The monoisotopic (exact) mass is 444 g/mol. The van der Waals surface area contributed by atoms with Crippen molar-refractivity contribution < 1.29 is 9.30 Å². The number of aromatic nitrogens is 1. The van der Waals surface area contributed by atoms with E-state index in [1.54, 1.807) is 0 Å². The second-order valence-electron chi connectivity index (χ2n) is 10.1. The molecule has 5 aromatic rings. The standard InChI is InChI=1S/C30H26NOSi/c1-17-20-10-6-7-11-21(20)18(2)28-25(17)27-26-19(14-15-31(27)3)16-23-22-12-8-9-13-24(22)33(4,5)30(23)29(26)32-28/h6-16H,1-5H3/q+1. The van der Waals surface area contributed by atoms with Crippen LogP contribution >= 0.6 is 0 Å². The van der Waals surface area contributed by atoms with Gasteiger partial charge in [0.1, 0.15) is 26.6 Å². The summed E-state index contributed by atoms with van der Waals surface area (Å²) < 4.78 is 9.34. The van der Waals surface area contributed by atoms with E-state index < -0.39 is 8.07 Å². The topological polar surface area (TPSA) is 13.1 Å². The summed E-state index contributed by atoms with van der Waals surface area (Å²) >= 11 is 0. The highest BCUT2D eigenvalue weighted by Gasteiger charge is 2.44. The lowest BCUT2D eigenvalue weighted by Gasteiger charge is -2.28. The SMILES string of the molecule is Cc1c2c(c(C)c3ccccc13)-c1c3c(c4c(cc3cc[n+]1C)-c1ccccc1[Si]4(C)C)O2. The molecule has 1 aromatic heterocycles. The number of nitrogens with zero attached hydrogens (tertiary/aromatic N) is 1. The van der Waals surface area contributed by atoms with E-state index in [1.807, 2.05) is 0 Å². The van der Waals surface area contributed by atoms with Crippen LogP contribution in [0.4, 0.5) is 0 Å². The van der Waals surface area contributed by atoms with Crippen molar-refractivity contribution in [2.45, 2.75) is 26.9 Å². The quantitative estimate of drug-likeness (QED) is 0.207. The first-order chi connectivity index (χ1) is 15.9. The first-order valence-corrected chi connectivity index (χ1v) is 14.7. The number of rotatable bonds is 0. The Hall–Kier alpha value is -3.43. The van der Waals surface area contributed by atoms with E-state index in [1.165, 1.54) is 65.4 Å². The highest BCUT2D eigenvalue weighted by Crippen LogP contribution is 2.51. The Morgan fingerprint density at radius 3 is 2.27 bits per heavy atom. The molecule has 0 aliphatic carbocycles. The van der Waals surface area contributed by atoms with Crippen LogP contribution in [0.5, 0.6) is 11.5 Å². The number of pyridine rings is 1. The zero-order valence-corrected chi connectivity index (χ0v) is 20.7. The first-order valence-electron chi connectivity index (χ1n) is 11.7. The van der Waals surface area contributed by atoms with Crippen LogP contribution in [0.2, 0.25) is 13.1 Å². The van der Waals surface area contributed by atoms with Gasteiger partial charge in [-0.15, -0.1) is 0 Å². The van der Waals surface area contributed by atoms with Crippen LogP contribution in [-0.2, 0) is 7.05 Å². The molecule has 3 heteroatoms. The van der Waals surface area contributed by atoms with Gasteiger partial charge >= 0.3 is 0 Å². The Bertz CT molecular complexity index is 1700. The molecule has 0 radical (unpaired) electrons. The number of fused-ring (bicyclic) bond motifs is 7. The average molecular weight is 445 g/mol. The fourth-order valence-electron chi connectivity index (χ4n) is 6.40. The largest absolute Gasteiger partial charge is 0.455 e. The first kappa shape index (κ1) is 19.1. The van der Waals surface area contributed by atoms with Gasteiger partial charge < -0.3 is 4.74 Å². The van der Waals surface area contributed by atoms with E-state index in [2.05, 4.69) is 105 Å². The third-order valence-electron chi connectivity index (χ3n) is 8.01. The van der Waals surface area contributed by atoms with Gasteiger partial charge in [-0.25, -0.2) is 4.57 Å². The zero-order chi connectivity index (χ0) is 22.6. The summed E-state index contributed by atoms with van der Waals surface area (Å²) in [7, 11) is 0.258. The minimum atomic E-state index is -1.91. The van der Waals surface area contributed by atoms with Crippen LogP contribution in [0.25, 0.3) is 43.9 Å². The molecule has 2 aliphatic heterocycles. The maximum atomic E-state index is 7.06. The Morgan fingerprint density at radius 2 is 1.48 bits per heavy atom. The van der Waals surface area contributed by atoms with Gasteiger partial charge in [0.25, 0.3) is 0 Å².